The number of carbonyl (C=O) groups is 1. The van der Waals surface area contributed by atoms with E-state index < -0.39 is 0 Å². The van der Waals surface area contributed by atoms with Crippen molar-refractivity contribution >= 4 is 51.1 Å². The lowest BCUT2D eigenvalue weighted by Crippen LogP contribution is -2.28. The zero-order chi connectivity index (χ0) is 21.2. The minimum atomic E-state index is -0.145. The van der Waals surface area contributed by atoms with Gasteiger partial charge in [0.15, 0.2) is 0 Å². The molecule has 0 atom stereocenters. The number of nitrogens with one attached hydrogen (secondary N) is 3. The second-order valence-electron chi connectivity index (χ2n) is 7.80. The summed E-state index contributed by atoms with van der Waals surface area (Å²) in [6, 6.07) is 13.8. The molecule has 0 fully saturated rings. The van der Waals surface area contributed by atoms with Crippen LogP contribution in [0.2, 0.25) is 5.02 Å². The van der Waals surface area contributed by atoms with Crippen molar-refractivity contribution in [2.75, 3.05) is 12.0 Å². The second-order valence-corrected chi connectivity index (χ2v) is 8.23. The predicted molar refractivity (Wildman–Crippen MR) is 127 cm³/mol. The summed E-state index contributed by atoms with van der Waals surface area (Å²) in [5, 5.41) is 9.17. The van der Waals surface area contributed by atoms with Gasteiger partial charge >= 0.3 is 0 Å². The molecule has 1 amide bonds. The molecule has 4 aromatic rings. The average Bonchev–Trinajstić information content (AvgIpc) is 3.20. The lowest BCUT2D eigenvalue weighted by molar-refractivity contribution is -0.116. The molecule has 3 N–H and O–H groups in total. The van der Waals surface area contributed by atoms with E-state index in [2.05, 4.69) is 15.6 Å². The first-order chi connectivity index (χ1) is 15.2. The Morgan fingerprint density at radius 1 is 1.13 bits per heavy atom. The summed E-state index contributed by atoms with van der Waals surface area (Å²) in [6.07, 6.45) is 9.59. The van der Waals surface area contributed by atoms with Crippen LogP contribution in [-0.4, -0.2) is 22.5 Å². The molecule has 0 radical (unpaired) electrons. The highest BCUT2D eigenvalue weighted by Crippen LogP contribution is 2.34. The normalized spacial score (nSPS) is 13.6. The number of carbonyl (C=O) groups excluding carboxylic acids is 1. The lowest BCUT2D eigenvalue weighted by Gasteiger charge is -2.22. The average molecular weight is 431 g/mol. The van der Waals surface area contributed by atoms with E-state index in [1.807, 2.05) is 54.7 Å². The van der Waals surface area contributed by atoms with Gasteiger partial charge in [0, 0.05) is 45.0 Å². The minimum absolute atomic E-state index is 0.145. The van der Waals surface area contributed by atoms with Crippen molar-refractivity contribution in [3.8, 4) is 0 Å². The maximum absolute atomic E-state index is 12.4. The van der Waals surface area contributed by atoms with Gasteiger partial charge in [-0.1, -0.05) is 29.8 Å². The summed E-state index contributed by atoms with van der Waals surface area (Å²) in [7, 11) is 0. The van der Waals surface area contributed by atoms with Gasteiger partial charge in [-0.15, -0.1) is 0 Å². The fourth-order valence-electron chi connectivity index (χ4n) is 4.28. The number of para-hydroxylation sites is 1. The van der Waals surface area contributed by atoms with Crippen LogP contribution in [-0.2, 0) is 17.6 Å². The highest BCUT2D eigenvalue weighted by atomic mass is 35.5. The number of aromatic amines is 1. The van der Waals surface area contributed by atoms with Crippen LogP contribution in [0, 0.1) is 0 Å². The zero-order valence-electron chi connectivity index (χ0n) is 17.0. The van der Waals surface area contributed by atoms with E-state index in [1.54, 1.807) is 6.08 Å². The van der Waals surface area contributed by atoms with Crippen molar-refractivity contribution in [2.24, 2.45) is 0 Å². The van der Waals surface area contributed by atoms with Crippen molar-refractivity contribution in [1.82, 2.24) is 15.3 Å². The van der Waals surface area contributed by atoms with Gasteiger partial charge in [-0.25, -0.2) is 0 Å². The van der Waals surface area contributed by atoms with Crippen LogP contribution in [0.5, 0.6) is 0 Å². The van der Waals surface area contributed by atoms with E-state index in [9.17, 15) is 4.79 Å². The first-order valence-electron chi connectivity index (χ1n) is 10.6. The minimum Gasteiger partial charge on any atom is -0.367 e. The second kappa shape index (κ2) is 8.44. The summed E-state index contributed by atoms with van der Waals surface area (Å²) in [5.74, 6) is -0.145. The standard InChI is InChI=1S/C25H23ClN4O/c26-17-10-11-20-23(13-17)30-22-8-4-2-6-19(22)25(20)29-15-28-24(31)12-9-16-14-27-21-7-3-1-5-18(16)21/h1,3,5,7,9-14,27H,2,4,6,8,15H2,(H,28,31)(H,29,30)/b12-9+. The van der Waals surface area contributed by atoms with Crippen LogP contribution < -0.4 is 10.6 Å². The van der Waals surface area contributed by atoms with E-state index in [1.165, 1.54) is 5.56 Å². The molecule has 1 aliphatic carbocycles. The van der Waals surface area contributed by atoms with Crippen molar-refractivity contribution in [3.05, 3.63) is 76.6 Å². The molecule has 0 aliphatic heterocycles. The number of aromatic nitrogens is 2. The van der Waals surface area contributed by atoms with E-state index in [0.29, 0.717) is 11.7 Å². The summed E-state index contributed by atoms with van der Waals surface area (Å²) in [4.78, 5) is 20.4. The van der Waals surface area contributed by atoms with Crippen molar-refractivity contribution in [3.63, 3.8) is 0 Å². The van der Waals surface area contributed by atoms with E-state index in [0.717, 1.165) is 64.4 Å². The quantitative estimate of drug-likeness (QED) is 0.291. The van der Waals surface area contributed by atoms with E-state index in [-0.39, 0.29) is 5.91 Å². The fraction of sp³-hybridized carbons (Fsp3) is 0.200. The molecule has 6 heteroatoms. The van der Waals surface area contributed by atoms with Crippen molar-refractivity contribution in [2.45, 2.75) is 25.7 Å². The van der Waals surface area contributed by atoms with Gasteiger partial charge in [0.05, 0.1) is 12.2 Å². The third-order valence-corrected chi connectivity index (χ3v) is 6.02. The topological polar surface area (TPSA) is 69.8 Å². The Bertz CT molecular complexity index is 1310. The number of nitrogens with zero attached hydrogens (tertiary/aromatic N) is 1. The molecular weight excluding hydrogens is 408 g/mol. The zero-order valence-corrected chi connectivity index (χ0v) is 17.8. The van der Waals surface area contributed by atoms with Crippen LogP contribution in [0.1, 0.15) is 29.7 Å². The Morgan fingerprint density at radius 2 is 2.00 bits per heavy atom. The molecule has 2 heterocycles. The maximum atomic E-state index is 12.4. The number of anilines is 1. The molecule has 0 saturated heterocycles. The predicted octanol–water partition coefficient (Wildman–Crippen LogP) is 5.45. The van der Waals surface area contributed by atoms with Crippen molar-refractivity contribution < 1.29 is 4.79 Å². The van der Waals surface area contributed by atoms with Gasteiger partial charge in [-0.3, -0.25) is 9.78 Å². The molecule has 0 saturated carbocycles. The molecule has 5 nitrogen and oxygen atoms in total. The van der Waals surface area contributed by atoms with Gasteiger partial charge in [-0.05, 0) is 67.2 Å². The molecule has 0 unspecified atom stereocenters. The monoisotopic (exact) mass is 430 g/mol. The Hall–Kier alpha value is -3.31. The van der Waals surface area contributed by atoms with Gasteiger partial charge in [-0.2, -0.15) is 0 Å². The van der Waals surface area contributed by atoms with Crippen LogP contribution in [0.25, 0.3) is 27.9 Å². The Balaban J connectivity index is 1.31. The van der Waals surface area contributed by atoms with Gasteiger partial charge in [0.1, 0.15) is 0 Å². The number of H-pyrrole nitrogens is 1. The van der Waals surface area contributed by atoms with Crippen LogP contribution in [0.4, 0.5) is 5.69 Å². The largest absolute Gasteiger partial charge is 0.367 e. The molecule has 5 rings (SSSR count). The number of hydrogen-bond donors (Lipinski definition) is 3. The molecule has 0 spiro atoms. The number of aryl methyl sites for hydroxylation is 1. The number of benzene rings is 2. The molecule has 156 valence electrons. The Labute approximate surface area is 185 Å². The molecule has 31 heavy (non-hydrogen) atoms. The molecular formula is C25H23ClN4O. The van der Waals surface area contributed by atoms with Gasteiger partial charge in [0.25, 0.3) is 0 Å². The summed E-state index contributed by atoms with van der Waals surface area (Å²) in [5.41, 5.74) is 6.38. The number of halogens is 1. The number of amides is 1. The molecule has 1 aliphatic rings. The number of hydrogen-bond acceptors (Lipinski definition) is 3. The first kappa shape index (κ1) is 19.6. The van der Waals surface area contributed by atoms with E-state index in [4.69, 9.17) is 16.6 Å². The Kier molecular flexibility index (Phi) is 5.35. The fourth-order valence-corrected chi connectivity index (χ4v) is 4.44. The van der Waals surface area contributed by atoms with Gasteiger partial charge in [0.2, 0.25) is 5.91 Å². The first-order valence-corrected chi connectivity index (χ1v) is 10.9. The third-order valence-electron chi connectivity index (χ3n) is 5.79. The van der Waals surface area contributed by atoms with Gasteiger partial charge < -0.3 is 15.6 Å². The SMILES string of the molecule is O=C(/C=C/c1c[nH]c2ccccc12)NCNc1c2c(nc3cc(Cl)ccc13)CCCC2. The van der Waals surface area contributed by atoms with Crippen molar-refractivity contribution in [1.29, 1.82) is 0 Å². The number of pyridine rings is 1. The summed E-state index contributed by atoms with van der Waals surface area (Å²) < 4.78 is 0. The van der Waals surface area contributed by atoms with Crippen LogP contribution >= 0.6 is 11.6 Å². The van der Waals surface area contributed by atoms with Crippen LogP contribution in [0.3, 0.4) is 0 Å². The molecule has 2 aromatic heterocycles. The molecule has 0 bridgehead atoms. The maximum Gasteiger partial charge on any atom is 0.245 e. The molecule has 2 aromatic carbocycles. The summed E-state index contributed by atoms with van der Waals surface area (Å²) >= 11 is 6.19. The smallest absolute Gasteiger partial charge is 0.245 e. The van der Waals surface area contributed by atoms with Crippen LogP contribution in [0.15, 0.2) is 54.7 Å². The summed E-state index contributed by atoms with van der Waals surface area (Å²) in [6.45, 7) is 0.339. The third kappa shape index (κ3) is 4.01. The highest BCUT2D eigenvalue weighted by molar-refractivity contribution is 6.31. The van der Waals surface area contributed by atoms with E-state index >= 15 is 0 Å². The number of fused-ring (bicyclic) bond motifs is 3. The number of rotatable bonds is 5. The Morgan fingerprint density at radius 3 is 2.94 bits per heavy atom. The lowest BCUT2D eigenvalue weighted by atomic mass is 9.93. The highest BCUT2D eigenvalue weighted by Gasteiger charge is 2.18.